The molecule has 84 valence electrons. The number of halogens is 1. The standard InChI is InChI=1S/C10H19IS3/c1-7-8-11(13-6-5-12-8)9(14-7)10(2,3)4/h7-9H,5-6H2,1-4H3/t7-,8?,9?/m0/s1. The van der Waals surface area contributed by atoms with Gasteiger partial charge in [-0.15, -0.1) is 0 Å². The van der Waals surface area contributed by atoms with E-state index >= 15 is 0 Å². The maximum atomic E-state index is 2.46. The Labute approximate surface area is 106 Å². The molecule has 14 heavy (non-hydrogen) atoms. The third kappa shape index (κ3) is 2.38. The van der Waals surface area contributed by atoms with E-state index in [9.17, 15) is 0 Å². The minimum atomic E-state index is -0.730. The van der Waals surface area contributed by atoms with E-state index in [-0.39, 0.29) is 0 Å². The Morgan fingerprint density at radius 3 is 2.57 bits per heavy atom. The predicted molar refractivity (Wildman–Crippen MR) is 83.0 cm³/mol. The number of fused-ring (bicyclic) bond motifs is 1. The molecule has 0 aliphatic carbocycles. The summed E-state index contributed by atoms with van der Waals surface area (Å²) in [6.07, 6.45) is 0. The summed E-state index contributed by atoms with van der Waals surface area (Å²) in [5, 5.41) is 0.933. The molecule has 2 aliphatic heterocycles. The van der Waals surface area contributed by atoms with Crippen LogP contribution in [0.4, 0.5) is 0 Å². The van der Waals surface area contributed by atoms with Crippen molar-refractivity contribution in [3.63, 3.8) is 0 Å². The van der Waals surface area contributed by atoms with E-state index in [0.29, 0.717) is 5.41 Å². The molecule has 0 saturated carbocycles. The number of thioether (sulfide) groups is 2. The van der Waals surface area contributed by atoms with Gasteiger partial charge in [-0.05, 0) is 0 Å². The van der Waals surface area contributed by atoms with Crippen molar-refractivity contribution in [1.29, 1.82) is 0 Å². The van der Waals surface area contributed by atoms with Crippen LogP contribution >= 0.6 is 50.9 Å². The van der Waals surface area contributed by atoms with Crippen LogP contribution in [0.15, 0.2) is 0 Å². The van der Waals surface area contributed by atoms with Crippen LogP contribution in [-0.2, 0) is 0 Å². The van der Waals surface area contributed by atoms with E-state index in [4.69, 9.17) is 0 Å². The summed E-state index contributed by atoms with van der Waals surface area (Å²) < 4.78 is 2.09. The molecule has 4 heteroatoms. The monoisotopic (exact) mass is 362 g/mol. The Morgan fingerprint density at radius 1 is 1.21 bits per heavy atom. The van der Waals surface area contributed by atoms with Gasteiger partial charge in [0.1, 0.15) is 0 Å². The molecule has 0 radical (unpaired) electrons. The molecule has 0 aromatic rings. The fourth-order valence-electron chi connectivity index (χ4n) is 1.71. The first-order valence-electron chi connectivity index (χ1n) is 5.07. The van der Waals surface area contributed by atoms with Crippen molar-refractivity contribution in [2.75, 3.05) is 11.5 Å². The average molecular weight is 362 g/mol. The summed E-state index contributed by atoms with van der Waals surface area (Å²) in [4.78, 5) is 0. The van der Waals surface area contributed by atoms with Crippen LogP contribution in [0.2, 0.25) is 0 Å². The zero-order valence-electron chi connectivity index (χ0n) is 9.25. The Morgan fingerprint density at radius 2 is 1.93 bits per heavy atom. The van der Waals surface area contributed by atoms with Crippen molar-refractivity contribution in [2.24, 2.45) is 5.41 Å². The van der Waals surface area contributed by atoms with Crippen molar-refractivity contribution in [2.45, 2.75) is 39.5 Å². The maximum absolute atomic E-state index is 2.46. The van der Waals surface area contributed by atoms with Gasteiger partial charge in [0.2, 0.25) is 0 Å². The number of alkyl halides is 2. The zero-order chi connectivity index (χ0) is 10.3. The van der Waals surface area contributed by atoms with E-state index < -0.39 is 18.4 Å². The Bertz CT molecular complexity index is 214. The van der Waals surface area contributed by atoms with Gasteiger partial charge in [-0.2, -0.15) is 0 Å². The van der Waals surface area contributed by atoms with Crippen LogP contribution in [0.1, 0.15) is 27.7 Å². The van der Waals surface area contributed by atoms with Gasteiger partial charge in [0.15, 0.2) is 0 Å². The van der Waals surface area contributed by atoms with E-state index in [2.05, 4.69) is 60.2 Å². The van der Waals surface area contributed by atoms with Crippen LogP contribution in [0.3, 0.4) is 0 Å². The summed E-state index contributed by atoms with van der Waals surface area (Å²) in [6.45, 7) is 9.79. The first-order valence-corrected chi connectivity index (χ1v) is 13.1. The third-order valence-corrected chi connectivity index (χ3v) is 24.0. The molecule has 0 spiro atoms. The molecule has 2 heterocycles. The van der Waals surface area contributed by atoms with Gasteiger partial charge >= 0.3 is 107 Å². The summed E-state index contributed by atoms with van der Waals surface area (Å²) in [7, 11) is 2.39. The molecule has 0 N–H and O–H groups in total. The molecule has 0 aromatic heterocycles. The first-order chi connectivity index (χ1) is 6.50. The first kappa shape index (κ1) is 12.2. The van der Waals surface area contributed by atoms with Crippen molar-refractivity contribution in [1.82, 2.24) is 0 Å². The van der Waals surface area contributed by atoms with Crippen molar-refractivity contribution >= 4 is 50.9 Å². The molecule has 0 nitrogen and oxygen atoms in total. The molecule has 2 rings (SSSR count). The van der Waals surface area contributed by atoms with Crippen LogP contribution < -0.4 is 0 Å². The summed E-state index contributed by atoms with van der Waals surface area (Å²) in [5.41, 5.74) is 0.545. The van der Waals surface area contributed by atoms with Crippen LogP contribution in [0.25, 0.3) is 0 Å². The van der Waals surface area contributed by atoms with E-state index in [1.807, 2.05) is 0 Å². The molecule has 2 saturated heterocycles. The molecule has 2 unspecified atom stereocenters. The average Bonchev–Trinajstić information content (AvgIpc) is 2.44. The van der Waals surface area contributed by atoms with Crippen molar-refractivity contribution < 1.29 is 0 Å². The molecule has 0 bridgehead atoms. The van der Waals surface area contributed by atoms with E-state index in [1.165, 1.54) is 11.5 Å². The molecule has 2 aliphatic rings. The number of hydrogen-bond donors (Lipinski definition) is 0. The Hall–Kier alpha value is 1.78. The zero-order valence-corrected chi connectivity index (χ0v) is 13.9. The predicted octanol–water partition coefficient (Wildman–Crippen LogP) is 4.72. The normalized spacial score (nSPS) is 41.1. The molecule has 0 amide bonds. The van der Waals surface area contributed by atoms with Gasteiger partial charge in [0, 0.05) is 0 Å². The molecular weight excluding hydrogens is 343 g/mol. The number of hydrogen-bond acceptors (Lipinski definition) is 3. The topological polar surface area (TPSA) is 0 Å². The molecule has 3 atom stereocenters. The summed E-state index contributed by atoms with van der Waals surface area (Å²) in [5.74, 6) is 2.84. The SMILES string of the molecule is C[C@@H]1SC(C(C)(C)C)I2SCCSC12. The molecule has 0 aromatic carbocycles. The fraction of sp³-hybridized carbons (Fsp3) is 1.00. The number of rotatable bonds is 0. The minimum absolute atomic E-state index is 0.545. The van der Waals surface area contributed by atoms with Gasteiger partial charge in [-0.1, -0.05) is 0 Å². The molecular formula is C10H19IS3. The third-order valence-electron chi connectivity index (χ3n) is 2.35. The van der Waals surface area contributed by atoms with Gasteiger partial charge < -0.3 is 0 Å². The van der Waals surface area contributed by atoms with E-state index in [0.717, 1.165) is 11.8 Å². The summed E-state index contributed by atoms with van der Waals surface area (Å²) >= 11 is 3.87. The van der Waals surface area contributed by atoms with Crippen LogP contribution in [0.5, 0.6) is 0 Å². The second kappa shape index (κ2) is 4.57. The summed E-state index contributed by atoms with van der Waals surface area (Å²) in [6, 6.07) is 0. The van der Waals surface area contributed by atoms with Crippen LogP contribution in [0, 0.1) is 5.41 Å². The van der Waals surface area contributed by atoms with Gasteiger partial charge in [0.05, 0.1) is 0 Å². The Balaban J connectivity index is 2.14. The van der Waals surface area contributed by atoms with Gasteiger partial charge in [0.25, 0.3) is 0 Å². The second-order valence-corrected chi connectivity index (χ2v) is 18.5. The second-order valence-electron chi connectivity index (χ2n) is 4.86. The van der Waals surface area contributed by atoms with E-state index in [1.54, 1.807) is 0 Å². The van der Waals surface area contributed by atoms with Crippen LogP contribution in [-0.4, -0.2) is 23.3 Å². The Kier molecular flexibility index (Phi) is 4.00. The quantitative estimate of drug-likeness (QED) is 0.452. The van der Waals surface area contributed by atoms with Gasteiger partial charge in [-0.3, -0.25) is 0 Å². The molecule has 2 fully saturated rings. The fourth-order valence-corrected chi connectivity index (χ4v) is 27.9. The van der Waals surface area contributed by atoms with Gasteiger partial charge in [-0.25, -0.2) is 0 Å². The van der Waals surface area contributed by atoms with Crippen molar-refractivity contribution in [3.05, 3.63) is 0 Å². The van der Waals surface area contributed by atoms with Crippen molar-refractivity contribution in [3.8, 4) is 0 Å².